The maximum atomic E-state index is 12.1. The number of carbonyl (C=O) groups excluding carboxylic acids is 1. The Morgan fingerprint density at radius 2 is 1.88 bits per heavy atom. The fourth-order valence-electron chi connectivity index (χ4n) is 2.50. The van der Waals surface area contributed by atoms with Gasteiger partial charge in [0.25, 0.3) is 0 Å². The number of amides is 1. The zero-order valence-electron chi connectivity index (χ0n) is 13.7. The largest absolute Gasteiger partial charge is 0.493 e. The number of aromatic nitrogens is 1. The summed E-state index contributed by atoms with van der Waals surface area (Å²) in [6.45, 7) is 2.46. The van der Waals surface area contributed by atoms with E-state index < -0.39 is 0 Å². The maximum absolute atomic E-state index is 12.1. The molecule has 0 aliphatic carbocycles. The van der Waals surface area contributed by atoms with Crippen LogP contribution in [0.2, 0.25) is 0 Å². The number of hydrogen-bond donors (Lipinski definition) is 1. The van der Waals surface area contributed by atoms with Crippen LogP contribution in [0, 0.1) is 0 Å². The zero-order valence-corrected chi connectivity index (χ0v) is 13.7. The predicted molar refractivity (Wildman–Crippen MR) is 96.3 cm³/mol. The summed E-state index contributed by atoms with van der Waals surface area (Å²) >= 11 is 0. The van der Waals surface area contributed by atoms with E-state index in [9.17, 15) is 4.79 Å². The van der Waals surface area contributed by atoms with Crippen LogP contribution in [0.15, 0.2) is 60.8 Å². The monoisotopic (exact) mass is 320 g/mol. The molecule has 4 heteroatoms. The summed E-state index contributed by atoms with van der Waals surface area (Å²) in [6, 6.07) is 17.5. The van der Waals surface area contributed by atoms with Gasteiger partial charge >= 0.3 is 0 Å². The van der Waals surface area contributed by atoms with Crippen LogP contribution in [0.3, 0.4) is 0 Å². The van der Waals surface area contributed by atoms with Gasteiger partial charge in [-0.25, -0.2) is 0 Å². The number of benzene rings is 2. The quantitative estimate of drug-likeness (QED) is 0.740. The second kappa shape index (κ2) is 7.59. The van der Waals surface area contributed by atoms with Crippen LogP contribution in [0.25, 0.3) is 10.9 Å². The molecule has 1 amide bonds. The highest BCUT2D eigenvalue weighted by molar-refractivity contribution is 6.00. The molecule has 0 spiro atoms. The Balaban J connectivity index is 1.55. The molecule has 1 heterocycles. The Labute approximate surface area is 141 Å². The lowest BCUT2D eigenvalue weighted by Crippen LogP contribution is -2.15. The average molecular weight is 320 g/mol. The van der Waals surface area contributed by atoms with Gasteiger partial charge in [0, 0.05) is 11.6 Å². The summed E-state index contributed by atoms with van der Waals surface area (Å²) in [5.41, 5.74) is 2.79. The number of para-hydroxylation sites is 1. The van der Waals surface area contributed by atoms with E-state index in [2.05, 4.69) is 17.2 Å². The average Bonchev–Trinajstić information content (AvgIpc) is 2.63. The maximum Gasteiger partial charge on any atom is 0.227 e. The highest BCUT2D eigenvalue weighted by atomic mass is 16.5. The summed E-state index contributed by atoms with van der Waals surface area (Å²) in [4.78, 5) is 16.5. The first-order valence-corrected chi connectivity index (χ1v) is 8.11. The fraction of sp³-hybridized carbons (Fsp3) is 0.200. The lowest BCUT2D eigenvalue weighted by Gasteiger charge is -2.09. The first-order valence-electron chi connectivity index (χ1n) is 8.11. The third-order valence-electron chi connectivity index (χ3n) is 3.84. The molecular weight excluding hydrogens is 300 g/mol. The van der Waals surface area contributed by atoms with Crippen LogP contribution in [-0.4, -0.2) is 17.5 Å². The molecule has 3 rings (SSSR count). The molecule has 0 unspecified atom stereocenters. The number of fused-ring (bicyclic) bond motifs is 1. The SMILES string of the molecule is CCc1ccc(OCCC(=O)Nc2cccc3cccnc23)cc1. The Kier molecular flexibility index (Phi) is 5.06. The Bertz CT molecular complexity index is 823. The molecule has 0 saturated carbocycles. The summed E-state index contributed by atoms with van der Waals surface area (Å²) < 4.78 is 5.62. The van der Waals surface area contributed by atoms with Gasteiger partial charge in [-0.15, -0.1) is 0 Å². The van der Waals surface area contributed by atoms with Gasteiger partial charge in [-0.1, -0.05) is 37.3 Å². The molecule has 4 nitrogen and oxygen atoms in total. The summed E-state index contributed by atoms with van der Waals surface area (Å²) in [5, 5.41) is 3.91. The number of aryl methyl sites for hydroxylation is 1. The Morgan fingerprint density at radius 1 is 1.08 bits per heavy atom. The standard InChI is InChI=1S/C20H20N2O2/c1-2-15-8-10-17(11-9-15)24-14-12-19(23)22-18-7-3-5-16-6-4-13-21-20(16)18/h3-11,13H,2,12,14H2,1H3,(H,22,23). The van der Waals surface area contributed by atoms with Crippen LogP contribution in [0.4, 0.5) is 5.69 Å². The summed E-state index contributed by atoms with van der Waals surface area (Å²) in [5.74, 6) is 0.699. The molecule has 0 saturated heterocycles. The smallest absolute Gasteiger partial charge is 0.227 e. The van der Waals surface area contributed by atoms with Gasteiger partial charge in [-0.2, -0.15) is 0 Å². The number of hydrogen-bond acceptors (Lipinski definition) is 3. The molecule has 0 aliphatic rings. The number of pyridine rings is 1. The molecule has 122 valence electrons. The molecule has 0 fully saturated rings. The zero-order chi connectivity index (χ0) is 16.8. The third kappa shape index (κ3) is 3.90. The second-order valence-corrected chi connectivity index (χ2v) is 5.52. The minimum Gasteiger partial charge on any atom is -0.493 e. The van der Waals surface area contributed by atoms with Crippen molar-refractivity contribution in [3.8, 4) is 5.75 Å². The van der Waals surface area contributed by atoms with Crippen LogP contribution >= 0.6 is 0 Å². The minimum atomic E-state index is -0.0849. The number of nitrogens with zero attached hydrogens (tertiary/aromatic N) is 1. The first-order chi connectivity index (χ1) is 11.8. The fourth-order valence-corrected chi connectivity index (χ4v) is 2.50. The molecule has 0 radical (unpaired) electrons. The van der Waals surface area contributed by atoms with E-state index >= 15 is 0 Å². The van der Waals surface area contributed by atoms with Gasteiger partial charge in [-0.05, 0) is 36.2 Å². The van der Waals surface area contributed by atoms with Crippen LogP contribution in [-0.2, 0) is 11.2 Å². The number of rotatable bonds is 6. The van der Waals surface area contributed by atoms with E-state index in [4.69, 9.17) is 4.74 Å². The van der Waals surface area contributed by atoms with Gasteiger partial charge in [0.15, 0.2) is 0 Å². The van der Waals surface area contributed by atoms with E-state index in [0.29, 0.717) is 13.0 Å². The normalized spacial score (nSPS) is 10.5. The van der Waals surface area contributed by atoms with Crippen molar-refractivity contribution in [2.75, 3.05) is 11.9 Å². The van der Waals surface area contributed by atoms with E-state index in [0.717, 1.165) is 28.8 Å². The third-order valence-corrected chi connectivity index (χ3v) is 3.84. The van der Waals surface area contributed by atoms with Gasteiger partial charge in [0.05, 0.1) is 24.2 Å². The van der Waals surface area contributed by atoms with E-state index in [1.807, 2.05) is 54.6 Å². The number of carbonyl (C=O) groups is 1. The Morgan fingerprint density at radius 3 is 2.67 bits per heavy atom. The van der Waals surface area contributed by atoms with Crippen molar-refractivity contribution in [2.45, 2.75) is 19.8 Å². The molecule has 1 aromatic heterocycles. The molecule has 3 aromatic rings. The number of nitrogens with one attached hydrogen (secondary N) is 1. The van der Waals surface area contributed by atoms with E-state index in [-0.39, 0.29) is 5.91 Å². The minimum absolute atomic E-state index is 0.0849. The van der Waals surface area contributed by atoms with Gasteiger partial charge < -0.3 is 10.1 Å². The van der Waals surface area contributed by atoms with Crippen molar-refractivity contribution in [3.63, 3.8) is 0 Å². The molecule has 24 heavy (non-hydrogen) atoms. The van der Waals surface area contributed by atoms with E-state index in [1.165, 1.54) is 5.56 Å². The molecule has 1 N–H and O–H groups in total. The second-order valence-electron chi connectivity index (χ2n) is 5.52. The van der Waals surface area contributed by atoms with Crippen molar-refractivity contribution in [3.05, 3.63) is 66.4 Å². The van der Waals surface area contributed by atoms with Crippen LogP contribution in [0.1, 0.15) is 18.9 Å². The lowest BCUT2D eigenvalue weighted by atomic mass is 10.2. The van der Waals surface area contributed by atoms with Crippen molar-refractivity contribution < 1.29 is 9.53 Å². The summed E-state index contributed by atoms with van der Waals surface area (Å²) in [6.07, 6.45) is 3.02. The van der Waals surface area contributed by atoms with Crippen LogP contribution < -0.4 is 10.1 Å². The van der Waals surface area contributed by atoms with Gasteiger partial charge in [0.1, 0.15) is 5.75 Å². The highest BCUT2D eigenvalue weighted by Crippen LogP contribution is 2.20. The molecule has 0 atom stereocenters. The van der Waals surface area contributed by atoms with E-state index in [1.54, 1.807) is 6.20 Å². The molecule has 0 bridgehead atoms. The number of anilines is 1. The van der Waals surface area contributed by atoms with Crippen molar-refractivity contribution in [1.29, 1.82) is 0 Å². The lowest BCUT2D eigenvalue weighted by molar-refractivity contribution is -0.116. The van der Waals surface area contributed by atoms with Crippen molar-refractivity contribution in [1.82, 2.24) is 4.98 Å². The van der Waals surface area contributed by atoms with Crippen molar-refractivity contribution in [2.24, 2.45) is 0 Å². The highest BCUT2D eigenvalue weighted by Gasteiger charge is 2.07. The molecule has 0 aliphatic heterocycles. The Hall–Kier alpha value is -2.88. The van der Waals surface area contributed by atoms with Gasteiger partial charge in [0.2, 0.25) is 5.91 Å². The molecular formula is C20H20N2O2. The number of ether oxygens (including phenoxy) is 1. The van der Waals surface area contributed by atoms with Crippen LogP contribution in [0.5, 0.6) is 5.75 Å². The predicted octanol–water partition coefficient (Wildman–Crippen LogP) is 4.20. The van der Waals surface area contributed by atoms with Crippen molar-refractivity contribution >= 4 is 22.5 Å². The topological polar surface area (TPSA) is 51.2 Å². The molecule has 2 aromatic carbocycles. The summed E-state index contributed by atoms with van der Waals surface area (Å²) in [7, 11) is 0. The van der Waals surface area contributed by atoms with Gasteiger partial charge in [-0.3, -0.25) is 9.78 Å². The first kappa shape index (κ1) is 16.0.